The Morgan fingerprint density at radius 2 is 1.97 bits per heavy atom. The van der Waals surface area contributed by atoms with Gasteiger partial charge in [-0.1, -0.05) is 18.2 Å². The second kappa shape index (κ2) is 8.18. The molecule has 5 rings (SSSR count). The number of aromatic nitrogens is 1. The van der Waals surface area contributed by atoms with Gasteiger partial charge in [-0.15, -0.1) is 0 Å². The molecule has 0 saturated heterocycles. The van der Waals surface area contributed by atoms with Crippen LogP contribution in [0, 0.1) is 11.6 Å². The van der Waals surface area contributed by atoms with E-state index in [-0.39, 0.29) is 23.8 Å². The SMILES string of the molecule is O=C1CCC(CCC(=O)N2CCc3c([nH]c4ccccc34)[C@@H]2c2cc(F)ccc2F)=NN1. The van der Waals surface area contributed by atoms with Gasteiger partial charge in [-0.25, -0.2) is 14.2 Å². The van der Waals surface area contributed by atoms with E-state index in [1.165, 1.54) is 6.07 Å². The van der Waals surface area contributed by atoms with Gasteiger partial charge in [0.15, 0.2) is 0 Å². The molecule has 2 aliphatic heterocycles. The Labute approximate surface area is 183 Å². The molecular weight excluding hydrogens is 414 g/mol. The molecule has 0 saturated carbocycles. The fourth-order valence-corrected chi connectivity index (χ4v) is 4.64. The van der Waals surface area contributed by atoms with Crippen molar-refractivity contribution in [3.05, 3.63) is 70.9 Å². The number of hydrogen-bond donors (Lipinski definition) is 2. The molecule has 0 fully saturated rings. The van der Waals surface area contributed by atoms with Gasteiger partial charge in [0.05, 0.1) is 0 Å². The van der Waals surface area contributed by atoms with Crippen molar-refractivity contribution in [3.8, 4) is 0 Å². The van der Waals surface area contributed by atoms with Gasteiger partial charge in [-0.2, -0.15) is 5.10 Å². The molecule has 3 aromatic rings. The molecule has 2 aliphatic rings. The van der Waals surface area contributed by atoms with E-state index in [1.807, 2.05) is 24.3 Å². The number of nitrogens with one attached hydrogen (secondary N) is 2. The van der Waals surface area contributed by atoms with Crippen LogP contribution in [-0.2, 0) is 16.0 Å². The van der Waals surface area contributed by atoms with Crippen LogP contribution in [0.15, 0.2) is 47.6 Å². The average Bonchev–Trinajstić information content (AvgIpc) is 3.18. The van der Waals surface area contributed by atoms with Crippen LogP contribution in [0.2, 0.25) is 0 Å². The van der Waals surface area contributed by atoms with Crippen LogP contribution in [-0.4, -0.2) is 34.0 Å². The van der Waals surface area contributed by atoms with Crippen molar-refractivity contribution in [1.29, 1.82) is 0 Å². The third-order valence-electron chi connectivity index (χ3n) is 6.21. The summed E-state index contributed by atoms with van der Waals surface area (Å²) in [7, 11) is 0. The first kappa shape index (κ1) is 20.4. The van der Waals surface area contributed by atoms with Crippen LogP contribution in [0.3, 0.4) is 0 Å². The third kappa shape index (κ3) is 3.66. The van der Waals surface area contributed by atoms with E-state index in [0.717, 1.165) is 40.0 Å². The maximum atomic E-state index is 14.9. The molecule has 2 N–H and O–H groups in total. The van der Waals surface area contributed by atoms with E-state index < -0.39 is 17.7 Å². The lowest BCUT2D eigenvalue weighted by Crippen LogP contribution is -2.41. The highest BCUT2D eigenvalue weighted by atomic mass is 19.1. The molecular formula is C24H22F2N4O2. The van der Waals surface area contributed by atoms with E-state index in [2.05, 4.69) is 15.5 Å². The molecule has 1 atom stereocenters. The number of benzene rings is 2. The normalized spacial score (nSPS) is 18.3. The smallest absolute Gasteiger partial charge is 0.240 e. The molecule has 1 aromatic heterocycles. The molecule has 0 spiro atoms. The topological polar surface area (TPSA) is 77.6 Å². The van der Waals surface area contributed by atoms with Crippen molar-refractivity contribution in [3.63, 3.8) is 0 Å². The zero-order valence-electron chi connectivity index (χ0n) is 17.3. The van der Waals surface area contributed by atoms with Crippen molar-refractivity contribution in [2.45, 2.75) is 38.1 Å². The summed E-state index contributed by atoms with van der Waals surface area (Å²) in [4.78, 5) is 29.5. The summed E-state index contributed by atoms with van der Waals surface area (Å²) in [5.41, 5.74) is 5.98. The third-order valence-corrected chi connectivity index (χ3v) is 6.21. The van der Waals surface area contributed by atoms with Crippen LogP contribution in [0.1, 0.15) is 48.5 Å². The minimum absolute atomic E-state index is 0.133. The molecule has 0 unspecified atom stereocenters. The number of carbonyl (C=O) groups excluding carboxylic acids is 2. The molecule has 8 heteroatoms. The molecule has 2 amide bonds. The first-order valence-electron chi connectivity index (χ1n) is 10.7. The van der Waals surface area contributed by atoms with Crippen molar-refractivity contribution < 1.29 is 18.4 Å². The molecule has 0 bridgehead atoms. The van der Waals surface area contributed by atoms with Gasteiger partial charge >= 0.3 is 0 Å². The van der Waals surface area contributed by atoms with Crippen molar-refractivity contribution in [2.75, 3.05) is 6.54 Å². The number of hydrazone groups is 1. The summed E-state index contributed by atoms with van der Waals surface area (Å²) in [5.74, 6) is -1.41. The van der Waals surface area contributed by atoms with Crippen molar-refractivity contribution >= 4 is 28.4 Å². The van der Waals surface area contributed by atoms with E-state index >= 15 is 0 Å². The standard InChI is InChI=1S/C24H22F2N4O2/c25-14-5-8-19(26)18(13-14)24-23-17(16-3-1-2-4-20(16)27-23)11-12-30(24)22(32)10-7-15-6-9-21(31)29-28-15/h1-5,8,13,24,27H,6-7,9-12H2,(H,29,31)/t24-/m0/s1. The lowest BCUT2D eigenvalue weighted by Gasteiger charge is -2.36. The first-order valence-corrected chi connectivity index (χ1v) is 10.7. The summed E-state index contributed by atoms with van der Waals surface area (Å²) in [6, 6.07) is 10.4. The van der Waals surface area contributed by atoms with Crippen LogP contribution >= 0.6 is 0 Å². The number of hydrogen-bond acceptors (Lipinski definition) is 3. The van der Waals surface area contributed by atoms with Gasteiger partial charge < -0.3 is 9.88 Å². The minimum Gasteiger partial charge on any atom is -0.356 e. The number of amides is 2. The maximum Gasteiger partial charge on any atom is 0.240 e. The van der Waals surface area contributed by atoms with E-state index in [9.17, 15) is 18.4 Å². The highest BCUT2D eigenvalue weighted by Gasteiger charge is 2.36. The van der Waals surface area contributed by atoms with Gasteiger partial charge in [0.25, 0.3) is 0 Å². The quantitative estimate of drug-likeness (QED) is 0.649. The summed E-state index contributed by atoms with van der Waals surface area (Å²) in [5, 5.41) is 5.06. The second-order valence-corrected chi connectivity index (χ2v) is 8.18. The minimum atomic E-state index is -0.748. The number of halogens is 2. The summed E-state index contributed by atoms with van der Waals surface area (Å²) < 4.78 is 29.0. The number of aromatic amines is 1. The van der Waals surface area contributed by atoms with Crippen LogP contribution in [0.5, 0.6) is 0 Å². The van der Waals surface area contributed by atoms with E-state index in [0.29, 0.717) is 32.2 Å². The Morgan fingerprint density at radius 1 is 1.12 bits per heavy atom. The average molecular weight is 436 g/mol. The van der Waals surface area contributed by atoms with Crippen LogP contribution in [0.25, 0.3) is 10.9 Å². The number of rotatable bonds is 4. The summed E-state index contributed by atoms with van der Waals surface area (Å²) >= 11 is 0. The van der Waals surface area contributed by atoms with Gasteiger partial charge in [0.1, 0.15) is 17.7 Å². The number of carbonyl (C=O) groups is 2. The fraction of sp³-hybridized carbons (Fsp3) is 0.292. The predicted molar refractivity (Wildman–Crippen MR) is 116 cm³/mol. The van der Waals surface area contributed by atoms with Crippen molar-refractivity contribution in [1.82, 2.24) is 15.3 Å². The monoisotopic (exact) mass is 436 g/mol. The van der Waals surface area contributed by atoms with Gasteiger partial charge in [0.2, 0.25) is 11.8 Å². The van der Waals surface area contributed by atoms with Crippen molar-refractivity contribution in [2.24, 2.45) is 5.10 Å². The Bertz CT molecular complexity index is 1250. The molecule has 0 aliphatic carbocycles. The van der Waals surface area contributed by atoms with Crippen LogP contribution < -0.4 is 5.43 Å². The zero-order valence-corrected chi connectivity index (χ0v) is 17.3. The molecule has 0 radical (unpaired) electrons. The number of para-hydroxylation sites is 1. The largest absolute Gasteiger partial charge is 0.356 e. The molecule has 6 nitrogen and oxygen atoms in total. The highest BCUT2D eigenvalue weighted by molar-refractivity contribution is 5.94. The number of fused-ring (bicyclic) bond motifs is 3. The lowest BCUT2D eigenvalue weighted by molar-refractivity contribution is -0.133. The van der Waals surface area contributed by atoms with E-state index in [1.54, 1.807) is 4.90 Å². The predicted octanol–water partition coefficient (Wildman–Crippen LogP) is 3.97. The Morgan fingerprint density at radius 3 is 2.78 bits per heavy atom. The maximum absolute atomic E-state index is 14.9. The fourth-order valence-electron chi connectivity index (χ4n) is 4.64. The first-order chi connectivity index (χ1) is 15.5. The van der Waals surface area contributed by atoms with E-state index in [4.69, 9.17) is 0 Å². The van der Waals surface area contributed by atoms with Gasteiger partial charge in [-0.3, -0.25) is 9.59 Å². The van der Waals surface area contributed by atoms with Gasteiger partial charge in [0, 0.05) is 47.3 Å². The van der Waals surface area contributed by atoms with Crippen LogP contribution in [0.4, 0.5) is 8.78 Å². The molecule has 32 heavy (non-hydrogen) atoms. The molecule has 2 aromatic carbocycles. The number of H-pyrrole nitrogens is 1. The summed E-state index contributed by atoms with van der Waals surface area (Å²) in [6.07, 6.45) is 2.08. The summed E-state index contributed by atoms with van der Waals surface area (Å²) in [6.45, 7) is 0.400. The Hall–Kier alpha value is -3.55. The highest BCUT2D eigenvalue weighted by Crippen LogP contribution is 2.39. The Kier molecular flexibility index (Phi) is 5.20. The van der Waals surface area contributed by atoms with Gasteiger partial charge in [-0.05, 0) is 49.1 Å². The molecule has 164 valence electrons. The zero-order chi connectivity index (χ0) is 22.2. The second-order valence-electron chi connectivity index (χ2n) is 8.18. The Balaban J connectivity index is 1.51. The number of nitrogens with zero attached hydrogens (tertiary/aromatic N) is 2. The molecule has 3 heterocycles. The lowest BCUT2D eigenvalue weighted by atomic mass is 9.91.